The Hall–Kier alpha value is -3.55. The maximum atomic E-state index is 13.1. The minimum Gasteiger partial charge on any atom is -0.388 e. The first kappa shape index (κ1) is 23.6. The van der Waals surface area contributed by atoms with E-state index in [2.05, 4.69) is 31.8 Å². The summed E-state index contributed by atoms with van der Waals surface area (Å²) in [6.45, 7) is 7.78. The zero-order chi connectivity index (χ0) is 24.5. The Morgan fingerprint density at radius 1 is 1.26 bits per heavy atom. The van der Waals surface area contributed by atoms with Gasteiger partial charge in [0.15, 0.2) is 11.5 Å². The highest BCUT2D eigenvalue weighted by atomic mass is 16.5. The standard InChI is InChI=1S/C24H29N7O3/c1-14(2)29-19-8-21(31-22-16(11-28-31)7-15(9-25)10-27-22)26-12-18(19)23(32)30-17-5-6-20(34-13-17)24(3,4)33/h7-8,10-12,14,17,20,33H,5-6,13H2,1-4H3,(H,26,29)(H,30,32). The largest absolute Gasteiger partial charge is 0.388 e. The molecule has 3 N–H and O–H groups in total. The number of anilines is 1. The second-order valence-corrected chi connectivity index (χ2v) is 9.42. The lowest BCUT2D eigenvalue weighted by atomic mass is 9.93. The Morgan fingerprint density at radius 3 is 2.71 bits per heavy atom. The van der Waals surface area contributed by atoms with Crippen molar-refractivity contribution in [2.75, 3.05) is 11.9 Å². The Morgan fingerprint density at radius 2 is 2.06 bits per heavy atom. The van der Waals surface area contributed by atoms with E-state index in [9.17, 15) is 9.90 Å². The minimum atomic E-state index is -0.912. The van der Waals surface area contributed by atoms with Crippen LogP contribution in [0, 0.1) is 11.3 Å². The average Bonchev–Trinajstić information content (AvgIpc) is 3.21. The van der Waals surface area contributed by atoms with Crippen LogP contribution in [-0.2, 0) is 4.74 Å². The average molecular weight is 464 g/mol. The molecule has 3 aromatic heterocycles. The van der Waals surface area contributed by atoms with Crippen molar-refractivity contribution in [2.24, 2.45) is 0 Å². The zero-order valence-electron chi connectivity index (χ0n) is 19.7. The normalized spacial score (nSPS) is 18.6. The van der Waals surface area contributed by atoms with Gasteiger partial charge in [0.25, 0.3) is 5.91 Å². The number of nitriles is 1. The molecule has 1 fully saturated rings. The number of hydrogen-bond donors (Lipinski definition) is 3. The number of aliphatic hydroxyl groups is 1. The van der Waals surface area contributed by atoms with E-state index in [1.165, 1.54) is 12.4 Å². The van der Waals surface area contributed by atoms with Gasteiger partial charge in [-0.25, -0.2) is 9.97 Å². The van der Waals surface area contributed by atoms with E-state index in [4.69, 9.17) is 10.00 Å². The van der Waals surface area contributed by atoms with E-state index in [0.717, 1.165) is 5.39 Å². The second-order valence-electron chi connectivity index (χ2n) is 9.42. The summed E-state index contributed by atoms with van der Waals surface area (Å²) in [5, 5.41) is 30.7. The van der Waals surface area contributed by atoms with Crippen molar-refractivity contribution in [2.45, 2.75) is 64.3 Å². The molecule has 1 saturated heterocycles. The number of ether oxygens (including phenoxy) is 1. The molecule has 0 saturated carbocycles. The molecule has 178 valence electrons. The number of carbonyl (C=O) groups excluding carboxylic acids is 1. The molecule has 0 radical (unpaired) electrons. The van der Waals surface area contributed by atoms with Crippen molar-refractivity contribution in [1.29, 1.82) is 5.26 Å². The van der Waals surface area contributed by atoms with Crippen LogP contribution in [0.15, 0.2) is 30.7 Å². The molecule has 0 bridgehead atoms. The predicted octanol–water partition coefficient (Wildman–Crippen LogP) is 2.56. The summed E-state index contributed by atoms with van der Waals surface area (Å²) in [7, 11) is 0. The quantitative estimate of drug-likeness (QED) is 0.507. The Balaban J connectivity index is 1.57. The number of aromatic nitrogens is 4. The van der Waals surface area contributed by atoms with E-state index in [1.54, 1.807) is 36.9 Å². The Labute approximate surface area is 198 Å². The third kappa shape index (κ3) is 5.00. The molecule has 1 aliphatic heterocycles. The number of carbonyl (C=O) groups is 1. The number of hydrogen-bond acceptors (Lipinski definition) is 8. The van der Waals surface area contributed by atoms with Crippen LogP contribution in [-0.4, -0.2) is 61.2 Å². The molecular formula is C24H29N7O3. The summed E-state index contributed by atoms with van der Waals surface area (Å²) in [5.41, 5.74) is 1.15. The fourth-order valence-electron chi connectivity index (χ4n) is 4.01. The second kappa shape index (κ2) is 9.37. The van der Waals surface area contributed by atoms with Gasteiger partial charge in [-0.05, 0) is 46.6 Å². The van der Waals surface area contributed by atoms with Crippen molar-refractivity contribution in [3.05, 3.63) is 41.9 Å². The van der Waals surface area contributed by atoms with Gasteiger partial charge in [-0.3, -0.25) is 4.79 Å². The van der Waals surface area contributed by atoms with Crippen LogP contribution in [0.5, 0.6) is 0 Å². The highest BCUT2D eigenvalue weighted by Gasteiger charge is 2.33. The molecule has 34 heavy (non-hydrogen) atoms. The smallest absolute Gasteiger partial charge is 0.255 e. The molecule has 10 nitrogen and oxygen atoms in total. The summed E-state index contributed by atoms with van der Waals surface area (Å²) < 4.78 is 7.36. The first-order valence-corrected chi connectivity index (χ1v) is 11.3. The van der Waals surface area contributed by atoms with Gasteiger partial charge < -0.3 is 20.5 Å². The fourth-order valence-corrected chi connectivity index (χ4v) is 4.01. The maximum absolute atomic E-state index is 13.1. The minimum absolute atomic E-state index is 0.0815. The molecule has 0 spiro atoms. The lowest BCUT2D eigenvalue weighted by Gasteiger charge is -2.36. The number of rotatable bonds is 6. The number of pyridine rings is 2. The molecule has 2 atom stereocenters. The van der Waals surface area contributed by atoms with Gasteiger partial charge >= 0.3 is 0 Å². The monoisotopic (exact) mass is 463 g/mol. The third-order valence-electron chi connectivity index (χ3n) is 5.73. The van der Waals surface area contributed by atoms with Crippen LogP contribution >= 0.6 is 0 Å². The van der Waals surface area contributed by atoms with E-state index in [1.807, 2.05) is 13.8 Å². The Bertz CT molecular complexity index is 1230. The number of nitrogens with one attached hydrogen (secondary N) is 2. The van der Waals surface area contributed by atoms with Crippen LogP contribution in [0.3, 0.4) is 0 Å². The SMILES string of the molecule is CC(C)Nc1cc(-n2ncc3cc(C#N)cnc32)ncc1C(=O)NC1CCC(C(C)(C)O)OC1. The summed E-state index contributed by atoms with van der Waals surface area (Å²) in [6.07, 6.45) is 5.77. The van der Waals surface area contributed by atoms with Gasteiger partial charge in [0.2, 0.25) is 0 Å². The highest BCUT2D eigenvalue weighted by Crippen LogP contribution is 2.25. The topological polar surface area (TPSA) is 138 Å². The number of nitrogens with zero attached hydrogens (tertiary/aromatic N) is 5. The van der Waals surface area contributed by atoms with Crippen LogP contribution in [0.2, 0.25) is 0 Å². The predicted molar refractivity (Wildman–Crippen MR) is 127 cm³/mol. The van der Waals surface area contributed by atoms with E-state index in [0.29, 0.717) is 47.7 Å². The molecule has 4 rings (SSSR count). The molecule has 1 amide bonds. The first-order valence-electron chi connectivity index (χ1n) is 11.3. The van der Waals surface area contributed by atoms with Crippen molar-refractivity contribution >= 4 is 22.6 Å². The van der Waals surface area contributed by atoms with Gasteiger partial charge in [0, 0.05) is 29.9 Å². The van der Waals surface area contributed by atoms with Gasteiger partial charge in [0.05, 0.1) is 47.4 Å². The summed E-state index contributed by atoms with van der Waals surface area (Å²) in [4.78, 5) is 21.9. The number of fused-ring (bicyclic) bond motifs is 1. The van der Waals surface area contributed by atoms with Gasteiger partial charge in [0.1, 0.15) is 6.07 Å². The van der Waals surface area contributed by atoms with E-state index < -0.39 is 5.60 Å². The molecule has 2 unspecified atom stereocenters. The van der Waals surface area contributed by atoms with Gasteiger partial charge in [-0.2, -0.15) is 15.0 Å². The molecule has 0 aliphatic carbocycles. The molecule has 3 aromatic rings. The van der Waals surface area contributed by atoms with Crippen molar-refractivity contribution in [3.63, 3.8) is 0 Å². The van der Waals surface area contributed by atoms with Crippen LogP contribution in [0.4, 0.5) is 5.69 Å². The molecule has 4 heterocycles. The molecular weight excluding hydrogens is 434 g/mol. The van der Waals surface area contributed by atoms with Gasteiger partial charge in [-0.15, -0.1) is 0 Å². The molecule has 10 heteroatoms. The first-order chi connectivity index (χ1) is 16.2. The van der Waals surface area contributed by atoms with Crippen LogP contribution in [0.1, 0.15) is 56.5 Å². The van der Waals surface area contributed by atoms with E-state index >= 15 is 0 Å². The van der Waals surface area contributed by atoms with E-state index in [-0.39, 0.29) is 24.1 Å². The third-order valence-corrected chi connectivity index (χ3v) is 5.73. The zero-order valence-corrected chi connectivity index (χ0v) is 19.7. The lowest BCUT2D eigenvalue weighted by Crippen LogP contribution is -2.48. The van der Waals surface area contributed by atoms with Crippen molar-refractivity contribution in [1.82, 2.24) is 25.1 Å². The molecule has 0 aromatic carbocycles. The molecule has 1 aliphatic rings. The maximum Gasteiger partial charge on any atom is 0.255 e. The van der Waals surface area contributed by atoms with Crippen molar-refractivity contribution < 1.29 is 14.6 Å². The van der Waals surface area contributed by atoms with Crippen molar-refractivity contribution in [3.8, 4) is 11.9 Å². The summed E-state index contributed by atoms with van der Waals surface area (Å²) in [5.74, 6) is 0.251. The van der Waals surface area contributed by atoms with Crippen LogP contribution in [0.25, 0.3) is 16.9 Å². The van der Waals surface area contributed by atoms with Gasteiger partial charge in [-0.1, -0.05) is 0 Å². The Kier molecular flexibility index (Phi) is 6.50. The fraction of sp³-hybridized carbons (Fsp3) is 0.458. The highest BCUT2D eigenvalue weighted by molar-refractivity contribution is 5.99. The summed E-state index contributed by atoms with van der Waals surface area (Å²) >= 11 is 0. The number of amides is 1. The lowest BCUT2D eigenvalue weighted by molar-refractivity contribution is -0.114. The van der Waals surface area contributed by atoms with Crippen LogP contribution < -0.4 is 10.6 Å². The summed E-state index contributed by atoms with van der Waals surface area (Å²) in [6, 6.07) is 5.49.